The Bertz CT molecular complexity index is 712. The number of likely N-dealkylation sites (tertiary alicyclic amines) is 1. The highest BCUT2D eigenvalue weighted by Gasteiger charge is 2.39. The fourth-order valence-corrected chi connectivity index (χ4v) is 3.24. The topological polar surface area (TPSA) is 110 Å². The fraction of sp³-hybridized carbons (Fsp3) is 0.273. The lowest BCUT2D eigenvalue weighted by atomic mass is 10.3. The number of amides is 2. The second kappa shape index (κ2) is 5.04. The van der Waals surface area contributed by atoms with Gasteiger partial charge in [0.1, 0.15) is 17.7 Å². The van der Waals surface area contributed by atoms with Crippen LogP contribution < -0.4 is 10.5 Å². The zero-order chi connectivity index (χ0) is 15.9. The number of rotatable bonds is 3. The van der Waals surface area contributed by atoms with Crippen LogP contribution in [0, 0.1) is 11.6 Å². The third-order valence-corrected chi connectivity index (χ3v) is 4.49. The Balaban J connectivity index is 2.37. The molecule has 114 valence electrons. The summed E-state index contributed by atoms with van der Waals surface area (Å²) in [4.78, 5) is 22.4. The quantitative estimate of drug-likeness (QED) is 0.581. The van der Waals surface area contributed by atoms with Crippen LogP contribution >= 0.6 is 0 Å². The number of nitrogens with two attached hydrogens (primary N) is 1. The van der Waals surface area contributed by atoms with Gasteiger partial charge >= 0.3 is 0 Å². The van der Waals surface area contributed by atoms with Crippen LogP contribution in [0.15, 0.2) is 17.0 Å². The first-order valence-corrected chi connectivity index (χ1v) is 7.19. The van der Waals surface area contributed by atoms with Gasteiger partial charge in [-0.15, -0.1) is 0 Å². The number of hydrogen-bond donors (Lipinski definition) is 2. The van der Waals surface area contributed by atoms with E-state index in [1.54, 1.807) is 0 Å². The highest BCUT2D eigenvalue weighted by Crippen LogP contribution is 2.23. The van der Waals surface area contributed by atoms with Crippen LogP contribution in [0.25, 0.3) is 0 Å². The molecule has 2 amide bonds. The van der Waals surface area contributed by atoms with E-state index in [2.05, 4.69) is 0 Å². The van der Waals surface area contributed by atoms with E-state index in [-0.39, 0.29) is 5.69 Å². The van der Waals surface area contributed by atoms with Crippen molar-refractivity contribution >= 4 is 27.5 Å². The van der Waals surface area contributed by atoms with Crippen molar-refractivity contribution < 1.29 is 26.8 Å². The molecule has 1 aromatic carbocycles. The van der Waals surface area contributed by atoms with Crippen molar-refractivity contribution in [1.82, 2.24) is 9.62 Å². The second-order valence-electron chi connectivity index (χ2n) is 4.48. The first-order valence-electron chi connectivity index (χ1n) is 5.70. The van der Waals surface area contributed by atoms with Crippen molar-refractivity contribution in [3.63, 3.8) is 0 Å². The molecule has 0 spiro atoms. The third kappa shape index (κ3) is 2.72. The number of imide groups is 1. The molecule has 0 saturated carbocycles. The Kier molecular flexibility index (Phi) is 3.68. The Morgan fingerprint density at radius 2 is 1.81 bits per heavy atom. The molecule has 3 N–H and O–H groups in total. The number of nitrogens with zero attached hydrogens (tertiary/aromatic N) is 1. The van der Waals surface area contributed by atoms with Crippen molar-refractivity contribution in [2.24, 2.45) is 0 Å². The van der Waals surface area contributed by atoms with Crippen LogP contribution in [0.5, 0.6) is 0 Å². The number of likely N-dealkylation sites (N-methyl/N-ethyl adjacent to an activating group) is 1. The minimum atomic E-state index is -4.66. The van der Waals surface area contributed by atoms with E-state index in [1.165, 1.54) is 7.05 Å². The van der Waals surface area contributed by atoms with E-state index < -0.39 is 50.8 Å². The van der Waals surface area contributed by atoms with Gasteiger partial charge in [0.2, 0.25) is 21.8 Å². The average molecular weight is 319 g/mol. The lowest BCUT2D eigenvalue weighted by molar-refractivity contribution is -0.137. The van der Waals surface area contributed by atoms with Crippen LogP contribution in [-0.4, -0.2) is 38.2 Å². The summed E-state index contributed by atoms with van der Waals surface area (Å²) in [6.07, 6.45) is -0.410. The van der Waals surface area contributed by atoms with Gasteiger partial charge in [-0.1, -0.05) is 0 Å². The number of carbonyl (C=O) groups is 2. The van der Waals surface area contributed by atoms with Gasteiger partial charge in [0.25, 0.3) is 0 Å². The molecule has 0 bridgehead atoms. The summed E-state index contributed by atoms with van der Waals surface area (Å²) in [5.41, 5.74) is 4.91. The molecule has 0 aliphatic carbocycles. The molecule has 0 radical (unpaired) electrons. The Hall–Kier alpha value is -2.07. The molecule has 1 heterocycles. The SMILES string of the molecule is CN1C(=O)CC(NS(=O)(=O)c2c(F)cc(N)cc2F)C1=O. The van der Waals surface area contributed by atoms with Gasteiger partial charge in [0.05, 0.1) is 6.42 Å². The van der Waals surface area contributed by atoms with E-state index in [0.29, 0.717) is 12.1 Å². The summed E-state index contributed by atoms with van der Waals surface area (Å²) < 4.78 is 53.1. The first-order chi connectivity index (χ1) is 9.63. The molecule has 2 rings (SSSR count). The number of sulfonamides is 1. The molecule has 1 atom stereocenters. The van der Waals surface area contributed by atoms with Gasteiger partial charge in [0.15, 0.2) is 4.90 Å². The van der Waals surface area contributed by atoms with Crippen molar-refractivity contribution in [2.45, 2.75) is 17.4 Å². The lowest BCUT2D eigenvalue weighted by Gasteiger charge is -2.13. The minimum absolute atomic E-state index is 0.282. The monoisotopic (exact) mass is 319 g/mol. The molecule has 21 heavy (non-hydrogen) atoms. The van der Waals surface area contributed by atoms with Crippen LogP contribution in [0.2, 0.25) is 0 Å². The van der Waals surface area contributed by atoms with Crippen molar-refractivity contribution in [1.29, 1.82) is 0 Å². The van der Waals surface area contributed by atoms with Crippen LogP contribution in [0.1, 0.15) is 6.42 Å². The van der Waals surface area contributed by atoms with Crippen molar-refractivity contribution in [3.05, 3.63) is 23.8 Å². The number of anilines is 1. The molecule has 1 fully saturated rings. The van der Waals surface area contributed by atoms with Gasteiger partial charge in [-0.25, -0.2) is 17.2 Å². The van der Waals surface area contributed by atoms with E-state index in [0.717, 1.165) is 4.90 Å². The van der Waals surface area contributed by atoms with E-state index in [1.807, 2.05) is 4.72 Å². The number of benzene rings is 1. The molecule has 1 aliphatic rings. The van der Waals surface area contributed by atoms with Gasteiger partial charge in [-0.3, -0.25) is 14.5 Å². The van der Waals surface area contributed by atoms with E-state index in [4.69, 9.17) is 5.73 Å². The van der Waals surface area contributed by atoms with Crippen LogP contribution in [-0.2, 0) is 19.6 Å². The summed E-state index contributed by atoms with van der Waals surface area (Å²) in [5, 5.41) is 0. The van der Waals surface area contributed by atoms with Crippen molar-refractivity contribution in [2.75, 3.05) is 12.8 Å². The maximum Gasteiger partial charge on any atom is 0.247 e. The predicted octanol–water partition coefficient (Wildman–Crippen LogP) is -0.417. The van der Waals surface area contributed by atoms with E-state index in [9.17, 15) is 26.8 Å². The lowest BCUT2D eigenvalue weighted by Crippen LogP contribution is -2.41. The molecular weight excluding hydrogens is 308 g/mol. The second-order valence-corrected chi connectivity index (χ2v) is 6.13. The first kappa shape index (κ1) is 15.3. The largest absolute Gasteiger partial charge is 0.399 e. The van der Waals surface area contributed by atoms with Gasteiger partial charge < -0.3 is 5.73 Å². The highest BCUT2D eigenvalue weighted by atomic mass is 32.2. The zero-order valence-corrected chi connectivity index (χ0v) is 11.6. The Labute approximate surface area is 118 Å². The minimum Gasteiger partial charge on any atom is -0.399 e. The molecule has 1 saturated heterocycles. The molecular formula is C11H11F2N3O4S. The molecule has 10 heteroatoms. The van der Waals surface area contributed by atoms with Crippen LogP contribution in [0.4, 0.5) is 14.5 Å². The summed E-state index contributed by atoms with van der Waals surface area (Å²) >= 11 is 0. The molecule has 1 unspecified atom stereocenters. The average Bonchev–Trinajstić information content (AvgIpc) is 2.54. The molecule has 0 aromatic heterocycles. The summed E-state index contributed by atoms with van der Waals surface area (Å²) in [5.74, 6) is -4.15. The fourth-order valence-electron chi connectivity index (χ4n) is 1.93. The normalized spacial score (nSPS) is 19.4. The number of nitrogens with one attached hydrogen (secondary N) is 1. The Morgan fingerprint density at radius 3 is 2.24 bits per heavy atom. The predicted molar refractivity (Wildman–Crippen MR) is 67.3 cm³/mol. The van der Waals surface area contributed by atoms with Gasteiger partial charge in [-0.2, -0.15) is 4.72 Å². The maximum absolute atomic E-state index is 13.6. The Morgan fingerprint density at radius 1 is 1.29 bits per heavy atom. The molecule has 7 nitrogen and oxygen atoms in total. The van der Waals surface area contributed by atoms with Gasteiger partial charge in [0, 0.05) is 12.7 Å². The zero-order valence-electron chi connectivity index (χ0n) is 10.8. The van der Waals surface area contributed by atoms with Gasteiger partial charge in [-0.05, 0) is 12.1 Å². The van der Waals surface area contributed by atoms with E-state index >= 15 is 0 Å². The summed E-state index contributed by atoms with van der Waals surface area (Å²) in [6.45, 7) is 0. The smallest absolute Gasteiger partial charge is 0.247 e. The third-order valence-electron chi connectivity index (χ3n) is 2.97. The maximum atomic E-state index is 13.6. The summed E-state index contributed by atoms with van der Waals surface area (Å²) in [7, 11) is -3.47. The number of nitrogen functional groups attached to an aromatic ring is 1. The molecule has 1 aromatic rings. The number of hydrogen-bond acceptors (Lipinski definition) is 5. The number of carbonyl (C=O) groups excluding carboxylic acids is 2. The van der Waals surface area contributed by atoms with Crippen LogP contribution in [0.3, 0.4) is 0 Å². The highest BCUT2D eigenvalue weighted by molar-refractivity contribution is 7.89. The standard InChI is InChI=1S/C11H11F2N3O4S/c1-16-9(17)4-8(11(16)18)15-21(19,20)10-6(12)2-5(14)3-7(10)13/h2-3,8,15H,4,14H2,1H3. The molecule has 1 aliphatic heterocycles. The van der Waals surface area contributed by atoms with Crippen molar-refractivity contribution in [3.8, 4) is 0 Å². The summed E-state index contributed by atoms with van der Waals surface area (Å²) in [6, 6.07) is -0.0968. The number of halogens is 2.